The number of amides is 1. The Morgan fingerprint density at radius 3 is 2.73 bits per heavy atom. The lowest BCUT2D eigenvalue weighted by Crippen LogP contribution is -2.03. The van der Waals surface area contributed by atoms with Crippen LogP contribution in [0.3, 0.4) is 0 Å². The van der Waals surface area contributed by atoms with Crippen molar-refractivity contribution in [2.45, 2.75) is 0 Å². The molecule has 1 amide bonds. The highest BCUT2D eigenvalue weighted by Crippen LogP contribution is 2.40. The third-order valence-corrected chi connectivity index (χ3v) is 4.64. The molecule has 0 spiro atoms. The van der Waals surface area contributed by atoms with Gasteiger partial charge in [-0.2, -0.15) is 0 Å². The highest BCUT2D eigenvalue weighted by molar-refractivity contribution is 9.11. The van der Waals surface area contributed by atoms with Crippen LogP contribution in [-0.4, -0.2) is 5.91 Å². The molecule has 1 aliphatic rings. The first kappa shape index (κ1) is 13.8. The second-order valence-corrected chi connectivity index (χ2v) is 6.78. The number of carbonyl (C=O) groups excluding carboxylic acids is 1. The van der Waals surface area contributed by atoms with Gasteiger partial charge in [-0.05, 0) is 46.3 Å². The normalized spacial score (nSPS) is 15.4. The largest absolute Gasteiger partial charge is 0.457 e. The minimum absolute atomic E-state index is 0.130. The molecule has 3 aromatic rings. The number of nitrogens with one attached hydrogen (secondary N) is 1. The van der Waals surface area contributed by atoms with Crippen molar-refractivity contribution in [2.24, 2.45) is 0 Å². The summed E-state index contributed by atoms with van der Waals surface area (Å²) < 4.78 is 7.53. The maximum absolute atomic E-state index is 12.3. The van der Waals surface area contributed by atoms with Gasteiger partial charge in [-0.1, -0.05) is 34.1 Å². The van der Waals surface area contributed by atoms with E-state index in [0.717, 1.165) is 31.2 Å². The van der Waals surface area contributed by atoms with Crippen LogP contribution >= 0.6 is 31.9 Å². The van der Waals surface area contributed by atoms with Crippen LogP contribution in [0.4, 0.5) is 5.69 Å². The number of para-hydroxylation sites is 1. The molecule has 5 heteroatoms. The lowest BCUT2D eigenvalue weighted by atomic mass is 10.1. The SMILES string of the molecule is O=C1Nc2c(Br)cc(Br)cc2C1=Cc1cc2ccccc2o1. The highest BCUT2D eigenvalue weighted by Gasteiger charge is 2.27. The zero-order valence-electron chi connectivity index (χ0n) is 11.2. The number of hydrogen-bond acceptors (Lipinski definition) is 2. The predicted octanol–water partition coefficient (Wildman–Crippen LogP) is 5.45. The number of hydrogen-bond donors (Lipinski definition) is 1. The lowest BCUT2D eigenvalue weighted by Gasteiger charge is -2.02. The second kappa shape index (κ2) is 5.11. The summed E-state index contributed by atoms with van der Waals surface area (Å²) in [5.74, 6) is 0.532. The molecule has 0 unspecified atom stereocenters. The van der Waals surface area contributed by atoms with Gasteiger partial charge in [0.15, 0.2) is 0 Å². The van der Waals surface area contributed by atoms with Crippen molar-refractivity contribution >= 4 is 66.1 Å². The first-order valence-electron chi connectivity index (χ1n) is 6.63. The van der Waals surface area contributed by atoms with Crippen molar-refractivity contribution in [3.63, 3.8) is 0 Å². The van der Waals surface area contributed by atoms with Gasteiger partial charge in [0.1, 0.15) is 11.3 Å². The molecule has 1 N–H and O–H groups in total. The molecule has 4 rings (SSSR count). The predicted molar refractivity (Wildman–Crippen MR) is 94.6 cm³/mol. The Bertz CT molecular complexity index is 923. The molecule has 108 valence electrons. The maximum atomic E-state index is 12.3. The first-order chi connectivity index (χ1) is 10.6. The van der Waals surface area contributed by atoms with Gasteiger partial charge in [0, 0.05) is 19.9 Å². The summed E-state index contributed by atoms with van der Waals surface area (Å²) in [6, 6.07) is 13.5. The van der Waals surface area contributed by atoms with Crippen LogP contribution in [0.25, 0.3) is 22.6 Å². The Morgan fingerprint density at radius 2 is 1.91 bits per heavy atom. The molecule has 0 radical (unpaired) electrons. The quantitative estimate of drug-likeness (QED) is 0.534. The fourth-order valence-electron chi connectivity index (χ4n) is 2.58. The van der Waals surface area contributed by atoms with Gasteiger partial charge in [-0.3, -0.25) is 4.79 Å². The summed E-state index contributed by atoms with van der Waals surface area (Å²) in [7, 11) is 0. The third-order valence-electron chi connectivity index (χ3n) is 3.56. The zero-order chi connectivity index (χ0) is 15.3. The van der Waals surface area contributed by atoms with Crippen LogP contribution in [-0.2, 0) is 4.79 Å². The van der Waals surface area contributed by atoms with Crippen LogP contribution in [0.2, 0.25) is 0 Å². The number of carbonyl (C=O) groups is 1. The van der Waals surface area contributed by atoms with Crippen molar-refractivity contribution < 1.29 is 9.21 Å². The molecule has 2 heterocycles. The van der Waals surface area contributed by atoms with Crippen molar-refractivity contribution in [2.75, 3.05) is 5.32 Å². The minimum atomic E-state index is -0.130. The number of benzene rings is 2. The van der Waals surface area contributed by atoms with Crippen molar-refractivity contribution in [3.8, 4) is 0 Å². The standard InChI is InChI=1S/C17H9Br2NO2/c18-10-6-12-13(17(21)20-16(12)14(19)7-10)8-11-5-9-3-1-2-4-15(9)22-11/h1-8H,(H,20,21). The van der Waals surface area contributed by atoms with Crippen LogP contribution < -0.4 is 5.32 Å². The fraction of sp³-hybridized carbons (Fsp3) is 0. The van der Waals surface area contributed by atoms with Gasteiger partial charge in [0.2, 0.25) is 0 Å². The Kier molecular flexibility index (Phi) is 3.20. The van der Waals surface area contributed by atoms with Crippen molar-refractivity contribution in [1.82, 2.24) is 0 Å². The number of anilines is 1. The molecule has 1 aliphatic heterocycles. The average Bonchev–Trinajstić information content (AvgIpc) is 3.02. The van der Waals surface area contributed by atoms with E-state index in [1.54, 1.807) is 6.08 Å². The monoisotopic (exact) mass is 417 g/mol. The Balaban J connectivity index is 1.88. The van der Waals surface area contributed by atoms with E-state index in [9.17, 15) is 4.79 Å². The topological polar surface area (TPSA) is 42.2 Å². The van der Waals surface area contributed by atoms with E-state index in [4.69, 9.17) is 4.42 Å². The van der Waals surface area contributed by atoms with Gasteiger partial charge < -0.3 is 9.73 Å². The van der Waals surface area contributed by atoms with E-state index >= 15 is 0 Å². The van der Waals surface area contributed by atoms with E-state index in [1.165, 1.54) is 0 Å². The second-order valence-electron chi connectivity index (χ2n) is 5.01. The van der Waals surface area contributed by atoms with Crippen molar-refractivity contribution in [3.05, 3.63) is 62.7 Å². The van der Waals surface area contributed by atoms with E-state index in [1.807, 2.05) is 42.5 Å². The molecule has 0 saturated heterocycles. The average molecular weight is 419 g/mol. The summed E-state index contributed by atoms with van der Waals surface area (Å²) in [5, 5.41) is 3.90. The molecule has 3 nitrogen and oxygen atoms in total. The maximum Gasteiger partial charge on any atom is 0.256 e. The van der Waals surface area contributed by atoms with E-state index in [0.29, 0.717) is 11.3 Å². The van der Waals surface area contributed by atoms with Crippen molar-refractivity contribution in [1.29, 1.82) is 0 Å². The molecule has 0 fully saturated rings. The lowest BCUT2D eigenvalue weighted by molar-refractivity contribution is -0.110. The molecule has 22 heavy (non-hydrogen) atoms. The Morgan fingerprint density at radius 1 is 1.09 bits per heavy atom. The molecule has 0 atom stereocenters. The molecule has 1 aromatic heterocycles. The number of rotatable bonds is 1. The van der Waals surface area contributed by atoms with E-state index in [2.05, 4.69) is 37.2 Å². The van der Waals surface area contributed by atoms with Gasteiger partial charge in [-0.15, -0.1) is 0 Å². The summed E-state index contributed by atoms with van der Waals surface area (Å²) >= 11 is 6.93. The van der Waals surface area contributed by atoms with E-state index in [-0.39, 0.29) is 5.91 Å². The molecule has 0 aliphatic carbocycles. The number of fused-ring (bicyclic) bond motifs is 2. The highest BCUT2D eigenvalue weighted by atomic mass is 79.9. The van der Waals surface area contributed by atoms with Crippen LogP contribution in [0.15, 0.2) is 55.8 Å². The molecular weight excluding hydrogens is 410 g/mol. The third kappa shape index (κ3) is 2.21. The van der Waals surface area contributed by atoms with Crippen LogP contribution in [0, 0.1) is 0 Å². The number of furan rings is 1. The van der Waals surface area contributed by atoms with E-state index < -0.39 is 0 Å². The number of halogens is 2. The molecular formula is C17H9Br2NO2. The van der Waals surface area contributed by atoms with Gasteiger partial charge in [-0.25, -0.2) is 0 Å². The summed E-state index contributed by atoms with van der Waals surface area (Å²) in [6.07, 6.45) is 1.78. The minimum Gasteiger partial charge on any atom is -0.457 e. The Hall–Kier alpha value is -1.85. The fourth-order valence-corrected chi connectivity index (χ4v) is 3.90. The molecule has 0 bridgehead atoms. The first-order valence-corrected chi connectivity index (χ1v) is 8.21. The van der Waals surface area contributed by atoms with Gasteiger partial charge in [0.05, 0.1) is 11.3 Å². The van der Waals surface area contributed by atoms with Crippen LogP contribution in [0.5, 0.6) is 0 Å². The smallest absolute Gasteiger partial charge is 0.256 e. The van der Waals surface area contributed by atoms with Gasteiger partial charge >= 0.3 is 0 Å². The summed E-state index contributed by atoms with van der Waals surface area (Å²) in [5.41, 5.74) is 3.04. The Labute approximate surface area is 143 Å². The zero-order valence-corrected chi connectivity index (χ0v) is 14.4. The molecule has 2 aromatic carbocycles. The summed E-state index contributed by atoms with van der Waals surface area (Å²) in [4.78, 5) is 12.3. The van der Waals surface area contributed by atoms with Crippen LogP contribution in [0.1, 0.15) is 11.3 Å². The summed E-state index contributed by atoms with van der Waals surface area (Å²) in [6.45, 7) is 0. The van der Waals surface area contributed by atoms with Gasteiger partial charge in [0.25, 0.3) is 5.91 Å². The molecule has 0 saturated carbocycles.